The molecule has 3 nitrogen and oxygen atoms in total. The van der Waals surface area contributed by atoms with Crippen molar-refractivity contribution in [1.82, 2.24) is 9.47 Å². The average molecular weight is 294 g/mol. The molecule has 1 aromatic rings. The van der Waals surface area contributed by atoms with E-state index < -0.39 is 0 Å². The molecule has 20 heavy (non-hydrogen) atoms. The Morgan fingerprint density at radius 3 is 2.75 bits per heavy atom. The van der Waals surface area contributed by atoms with Crippen molar-refractivity contribution in [1.29, 1.82) is 0 Å². The Labute approximate surface area is 127 Å². The van der Waals surface area contributed by atoms with Crippen molar-refractivity contribution >= 4 is 12.6 Å². The molecule has 0 N–H and O–H groups in total. The predicted molar refractivity (Wildman–Crippen MR) is 87.5 cm³/mol. The first-order valence-electron chi connectivity index (χ1n) is 7.64. The van der Waals surface area contributed by atoms with E-state index in [4.69, 9.17) is 0 Å². The maximum absolute atomic E-state index is 12.5. The molecule has 112 valence electrons. The molecule has 0 saturated carbocycles. The third-order valence-corrected chi connectivity index (χ3v) is 4.51. The van der Waals surface area contributed by atoms with Crippen LogP contribution in [-0.4, -0.2) is 22.6 Å². The van der Waals surface area contributed by atoms with Gasteiger partial charge >= 0.3 is 0 Å². The summed E-state index contributed by atoms with van der Waals surface area (Å²) in [5.74, 6) is 1.15. The van der Waals surface area contributed by atoms with Crippen LogP contribution in [0.3, 0.4) is 0 Å². The first-order chi connectivity index (χ1) is 9.56. The highest BCUT2D eigenvalue weighted by Gasteiger charge is 2.20. The first kappa shape index (κ1) is 15.6. The second kappa shape index (κ2) is 6.81. The van der Waals surface area contributed by atoms with Crippen LogP contribution in [0.15, 0.2) is 10.9 Å². The van der Waals surface area contributed by atoms with Gasteiger partial charge in [0.15, 0.2) is 0 Å². The van der Waals surface area contributed by atoms with Gasteiger partial charge in [0.1, 0.15) is 0 Å². The van der Waals surface area contributed by atoms with Gasteiger partial charge in [0.05, 0.1) is 0 Å². The molecule has 0 amide bonds. The average Bonchev–Trinajstić information content (AvgIpc) is 2.44. The third kappa shape index (κ3) is 3.29. The Bertz CT molecular complexity index is 522. The number of pyridine rings is 1. The summed E-state index contributed by atoms with van der Waals surface area (Å²) in [6.07, 6.45) is 2.04. The van der Waals surface area contributed by atoms with Gasteiger partial charge in [-0.3, -0.25) is 9.69 Å². The minimum absolute atomic E-state index is 0.171. The molecule has 2 rings (SSSR count). The summed E-state index contributed by atoms with van der Waals surface area (Å²) in [6.45, 7) is 10.5. The van der Waals surface area contributed by atoms with Crippen molar-refractivity contribution in [2.24, 2.45) is 5.92 Å². The van der Waals surface area contributed by atoms with Gasteiger partial charge in [0, 0.05) is 43.1 Å². The smallest absolute Gasteiger partial charge is 0.254 e. The summed E-state index contributed by atoms with van der Waals surface area (Å²) < 4.78 is 2.02. The van der Waals surface area contributed by atoms with Crippen LogP contribution in [0.2, 0.25) is 0 Å². The molecule has 1 aliphatic heterocycles. The standard InChI is InChI=1S/C16H26N2OS/c1-4-17-7-6-15-13(10-17)9-14(11-20)16(19)18(15)8-5-12(2)3/h9,12,20H,4-8,10-11H2,1-3H3. The van der Waals surface area contributed by atoms with Crippen molar-refractivity contribution in [2.45, 2.75) is 52.5 Å². The quantitative estimate of drug-likeness (QED) is 0.845. The highest BCUT2D eigenvalue weighted by Crippen LogP contribution is 2.20. The lowest BCUT2D eigenvalue weighted by Crippen LogP contribution is -2.37. The normalized spacial score (nSPS) is 15.7. The number of hydrogen-bond donors (Lipinski definition) is 1. The fourth-order valence-corrected chi connectivity index (χ4v) is 3.07. The highest BCUT2D eigenvalue weighted by atomic mass is 32.1. The van der Waals surface area contributed by atoms with Crippen molar-refractivity contribution in [3.63, 3.8) is 0 Å². The zero-order valence-electron chi connectivity index (χ0n) is 12.9. The van der Waals surface area contributed by atoms with Crippen LogP contribution >= 0.6 is 12.6 Å². The summed E-state index contributed by atoms with van der Waals surface area (Å²) in [7, 11) is 0. The second-order valence-electron chi connectivity index (χ2n) is 6.06. The van der Waals surface area contributed by atoms with Crippen molar-refractivity contribution in [3.8, 4) is 0 Å². The Hall–Kier alpha value is -0.740. The fourth-order valence-electron chi connectivity index (χ4n) is 2.85. The highest BCUT2D eigenvalue weighted by molar-refractivity contribution is 7.79. The van der Waals surface area contributed by atoms with Crippen molar-refractivity contribution in [2.75, 3.05) is 13.1 Å². The lowest BCUT2D eigenvalue weighted by atomic mass is 10.0. The molecular formula is C16H26N2OS. The van der Waals surface area contributed by atoms with Gasteiger partial charge in [0.2, 0.25) is 0 Å². The van der Waals surface area contributed by atoms with E-state index in [9.17, 15) is 4.79 Å². The molecular weight excluding hydrogens is 268 g/mol. The SMILES string of the molecule is CCN1CCc2c(cc(CS)c(=O)n2CCC(C)C)C1. The number of hydrogen-bond acceptors (Lipinski definition) is 3. The molecule has 1 aliphatic rings. The van der Waals surface area contributed by atoms with Crippen LogP contribution in [-0.2, 0) is 25.3 Å². The summed E-state index contributed by atoms with van der Waals surface area (Å²) in [5, 5.41) is 0. The molecule has 0 bridgehead atoms. The first-order valence-corrected chi connectivity index (χ1v) is 8.27. The molecule has 0 spiro atoms. The minimum atomic E-state index is 0.171. The maximum Gasteiger partial charge on any atom is 0.254 e. The zero-order chi connectivity index (χ0) is 14.7. The van der Waals surface area contributed by atoms with E-state index in [0.29, 0.717) is 11.7 Å². The number of likely N-dealkylation sites (N-methyl/N-ethyl adjacent to an activating group) is 1. The Morgan fingerprint density at radius 2 is 2.15 bits per heavy atom. The fraction of sp³-hybridized carbons (Fsp3) is 0.688. The summed E-state index contributed by atoms with van der Waals surface area (Å²) in [5.41, 5.74) is 3.59. The molecule has 0 saturated heterocycles. The van der Waals surface area contributed by atoms with Gasteiger partial charge in [-0.05, 0) is 30.5 Å². The maximum atomic E-state index is 12.5. The van der Waals surface area contributed by atoms with E-state index in [2.05, 4.69) is 44.4 Å². The lowest BCUT2D eigenvalue weighted by molar-refractivity contribution is 0.260. The molecule has 0 aromatic carbocycles. The molecule has 0 unspecified atom stereocenters. The van der Waals surface area contributed by atoms with Crippen LogP contribution in [0.4, 0.5) is 0 Å². The van der Waals surface area contributed by atoms with E-state index in [1.54, 1.807) is 0 Å². The van der Waals surface area contributed by atoms with Gasteiger partial charge in [0.25, 0.3) is 5.56 Å². The van der Waals surface area contributed by atoms with Crippen LogP contribution < -0.4 is 5.56 Å². The predicted octanol–water partition coefficient (Wildman–Crippen LogP) is 2.70. The molecule has 0 radical (unpaired) electrons. The van der Waals surface area contributed by atoms with E-state index in [1.807, 2.05) is 4.57 Å². The van der Waals surface area contributed by atoms with E-state index in [0.717, 1.165) is 44.6 Å². The lowest BCUT2D eigenvalue weighted by Gasteiger charge is -2.30. The number of aromatic nitrogens is 1. The van der Waals surface area contributed by atoms with Crippen LogP contribution in [0.1, 0.15) is 44.0 Å². The monoisotopic (exact) mass is 294 g/mol. The van der Waals surface area contributed by atoms with E-state index in [1.165, 1.54) is 11.3 Å². The topological polar surface area (TPSA) is 25.2 Å². The number of fused-ring (bicyclic) bond motifs is 1. The number of nitrogens with zero attached hydrogens (tertiary/aromatic N) is 2. The summed E-state index contributed by atoms with van der Waals surface area (Å²) in [4.78, 5) is 15.0. The molecule has 4 heteroatoms. The van der Waals surface area contributed by atoms with Crippen LogP contribution in [0.5, 0.6) is 0 Å². The summed E-state index contributed by atoms with van der Waals surface area (Å²) >= 11 is 4.32. The molecule has 1 aromatic heterocycles. The van der Waals surface area contributed by atoms with Gasteiger partial charge in [-0.2, -0.15) is 12.6 Å². The minimum Gasteiger partial charge on any atom is -0.312 e. The van der Waals surface area contributed by atoms with E-state index in [-0.39, 0.29) is 5.56 Å². The van der Waals surface area contributed by atoms with E-state index >= 15 is 0 Å². The Morgan fingerprint density at radius 1 is 1.40 bits per heavy atom. The Balaban J connectivity index is 2.41. The number of thiol groups is 1. The number of rotatable bonds is 5. The second-order valence-corrected chi connectivity index (χ2v) is 6.37. The third-order valence-electron chi connectivity index (χ3n) is 4.17. The van der Waals surface area contributed by atoms with Gasteiger partial charge < -0.3 is 4.57 Å². The van der Waals surface area contributed by atoms with Gasteiger partial charge in [-0.1, -0.05) is 20.8 Å². The van der Waals surface area contributed by atoms with Gasteiger partial charge in [-0.25, -0.2) is 0 Å². The van der Waals surface area contributed by atoms with Gasteiger partial charge in [-0.15, -0.1) is 0 Å². The molecule has 0 fully saturated rings. The van der Waals surface area contributed by atoms with Crippen molar-refractivity contribution < 1.29 is 0 Å². The zero-order valence-corrected chi connectivity index (χ0v) is 13.7. The Kier molecular flexibility index (Phi) is 5.33. The largest absolute Gasteiger partial charge is 0.312 e. The molecule has 0 atom stereocenters. The van der Waals surface area contributed by atoms with Crippen molar-refractivity contribution in [3.05, 3.63) is 33.2 Å². The molecule has 0 aliphatic carbocycles. The van der Waals surface area contributed by atoms with Crippen LogP contribution in [0.25, 0.3) is 0 Å². The van der Waals surface area contributed by atoms with Crippen LogP contribution in [0, 0.1) is 5.92 Å². The molecule has 2 heterocycles. The summed E-state index contributed by atoms with van der Waals surface area (Å²) in [6, 6.07) is 2.08.